The number of benzene rings is 2. The molecule has 0 aliphatic carbocycles. The molecule has 1 aliphatic heterocycles. The Labute approximate surface area is 153 Å². The minimum Gasteiger partial charge on any atom is -0.497 e. The zero-order chi connectivity index (χ0) is 17.9. The lowest BCUT2D eigenvalue weighted by Gasteiger charge is -2.27. The highest BCUT2D eigenvalue weighted by molar-refractivity contribution is 8.32. The molecule has 0 saturated carbocycles. The summed E-state index contributed by atoms with van der Waals surface area (Å²) >= 11 is 0. The second-order valence-corrected chi connectivity index (χ2v) is 11.8. The molecule has 0 bridgehead atoms. The Morgan fingerprint density at radius 1 is 1.00 bits per heavy atom. The van der Waals surface area contributed by atoms with Crippen molar-refractivity contribution in [3.63, 3.8) is 0 Å². The van der Waals surface area contributed by atoms with E-state index in [0.29, 0.717) is 11.8 Å². The number of hydrogen-bond donors (Lipinski definition) is 0. The van der Waals surface area contributed by atoms with Gasteiger partial charge < -0.3 is 9.47 Å². The molecule has 0 aromatic heterocycles. The van der Waals surface area contributed by atoms with Gasteiger partial charge in [-0.25, -0.2) is 10.0 Å². The number of ether oxygens (including phenoxy) is 2. The minimum atomic E-state index is -0.678. The lowest BCUT2D eigenvalue weighted by molar-refractivity contribution is 0.183. The Bertz CT molecular complexity index is 665. The van der Waals surface area contributed by atoms with Gasteiger partial charge in [-0.15, -0.1) is 0 Å². The molecule has 136 valence electrons. The lowest BCUT2D eigenvalue weighted by Crippen LogP contribution is -2.09. The van der Waals surface area contributed by atoms with Gasteiger partial charge in [0.1, 0.15) is 5.75 Å². The molecule has 2 aromatic carbocycles. The molecule has 2 nitrogen and oxygen atoms in total. The molecule has 2 atom stereocenters. The third-order valence-electron chi connectivity index (χ3n) is 5.10. The second-order valence-electron chi connectivity index (χ2n) is 7.70. The molecule has 1 aliphatic rings. The topological polar surface area (TPSA) is 18.5 Å². The van der Waals surface area contributed by atoms with Gasteiger partial charge in [-0.3, -0.25) is 0 Å². The first-order chi connectivity index (χ1) is 12.0. The van der Waals surface area contributed by atoms with Crippen molar-refractivity contribution in [2.24, 2.45) is 5.92 Å². The van der Waals surface area contributed by atoms with E-state index in [4.69, 9.17) is 9.47 Å². The summed E-state index contributed by atoms with van der Waals surface area (Å²) in [6, 6.07) is 17.9. The molecular formula is C22H30O2S. The van der Waals surface area contributed by atoms with E-state index in [0.717, 1.165) is 25.4 Å². The third-order valence-corrected chi connectivity index (χ3v) is 6.79. The maximum Gasteiger partial charge on any atom is 0.118 e. The van der Waals surface area contributed by atoms with Crippen molar-refractivity contribution in [2.45, 2.75) is 23.7 Å². The molecule has 1 heterocycles. The predicted octanol–water partition coefficient (Wildman–Crippen LogP) is 5.31. The first kappa shape index (κ1) is 18.3. The molecule has 0 spiro atoms. The normalized spacial score (nSPS) is 19.6. The Kier molecular flexibility index (Phi) is 5.75. The van der Waals surface area contributed by atoms with Gasteiger partial charge in [0.2, 0.25) is 0 Å². The fourth-order valence-corrected chi connectivity index (χ4v) is 4.46. The first-order valence-corrected chi connectivity index (χ1v) is 11.8. The molecule has 0 amide bonds. The number of hydrogen-bond acceptors (Lipinski definition) is 2. The molecule has 3 heteroatoms. The Hall–Kier alpha value is -1.45. The van der Waals surface area contributed by atoms with E-state index >= 15 is 0 Å². The summed E-state index contributed by atoms with van der Waals surface area (Å²) in [6.45, 7) is 1.81. The smallest absolute Gasteiger partial charge is 0.118 e. The summed E-state index contributed by atoms with van der Waals surface area (Å²) in [5, 5.41) is 0. The monoisotopic (exact) mass is 358 g/mol. The van der Waals surface area contributed by atoms with E-state index in [9.17, 15) is 0 Å². The van der Waals surface area contributed by atoms with Gasteiger partial charge in [0, 0.05) is 19.1 Å². The summed E-state index contributed by atoms with van der Waals surface area (Å²) in [4.78, 5) is 1.47. The van der Waals surface area contributed by atoms with Crippen molar-refractivity contribution in [3.05, 3.63) is 59.7 Å². The average molecular weight is 359 g/mol. The minimum absolute atomic E-state index is 0.418. The fourth-order valence-electron chi connectivity index (χ4n) is 3.51. The van der Waals surface area contributed by atoms with Crippen LogP contribution in [0.1, 0.15) is 29.9 Å². The van der Waals surface area contributed by atoms with Crippen LogP contribution in [0, 0.1) is 5.92 Å². The number of rotatable bonds is 6. The van der Waals surface area contributed by atoms with Crippen LogP contribution in [0.15, 0.2) is 53.4 Å². The first-order valence-electron chi connectivity index (χ1n) is 8.97. The van der Waals surface area contributed by atoms with E-state index in [1.165, 1.54) is 22.4 Å². The Morgan fingerprint density at radius 2 is 1.60 bits per heavy atom. The highest BCUT2D eigenvalue weighted by atomic mass is 32.3. The summed E-state index contributed by atoms with van der Waals surface area (Å²) in [7, 11) is 1.04. The van der Waals surface area contributed by atoms with Gasteiger partial charge in [-0.05, 0) is 77.8 Å². The summed E-state index contributed by atoms with van der Waals surface area (Å²) in [5.41, 5.74) is 2.77. The SMILES string of the molecule is COc1ccc([C@@H](CC2CCOC2)c2ccc(S(C)(C)C)cc2)cc1. The van der Waals surface area contributed by atoms with E-state index in [1.807, 2.05) is 0 Å². The van der Waals surface area contributed by atoms with Crippen LogP contribution < -0.4 is 4.74 Å². The molecule has 1 saturated heterocycles. The Morgan fingerprint density at radius 3 is 2.08 bits per heavy atom. The zero-order valence-electron chi connectivity index (χ0n) is 15.8. The van der Waals surface area contributed by atoms with Crippen LogP contribution in [-0.4, -0.2) is 39.1 Å². The largest absolute Gasteiger partial charge is 0.497 e. The molecule has 1 unspecified atom stereocenters. The van der Waals surface area contributed by atoms with Gasteiger partial charge in [0.15, 0.2) is 0 Å². The van der Waals surface area contributed by atoms with Crippen molar-refractivity contribution in [3.8, 4) is 5.75 Å². The Balaban J connectivity index is 1.89. The lowest BCUT2D eigenvalue weighted by atomic mass is 9.83. The van der Waals surface area contributed by atoms with Crippen LogP contribution in [0.25, 0.3) is 0 Å². The van der Waals surface area contributed by atoms with Crippen LogP contribution in [-0.2, 0) is 4.74 Å². The van der Waals surface area contributed by atoms with E-state index in [2.05, 4.69) is 67.3 Å². The standard InChI is InChI=1S/C22H30O2S/c1-23-20-9-5-18(6-10-20)22(15-17-13-14-24-16-17)19-7-11-21(12-8-19)25(2,3)4/h5-12,17,22H,13-16H2,1-4H3/t17?,22-/m1/s1. The molecule has 0 radical (unpaired) electrons. The van der Waals surface area contributed by atoms with E-state index in [-0.39, 0.29) is 0 Å². The number of methoxy groups -OCH3 is 1. The average Bonchev–Trinajstić information content (AvgIpc) is 3.12. The third kappa shape index (κ3) is 4.59. The zero-order valence-corrected chi connectivity index (χ0v) is 16.6. The van der Waals surface area contributed by atoms with Crippen molar-refractivity contribution in [2.75, 3.05) is 39.1 Å². The van der Waals surface area contributed by atoms with Crippen molar-refractivity contribution in [1.82, 2.24) is 0 Å². The van der Waals surface area contributed by atoms with Crippen molar-refractivity contribution < 1.29 is 9.47 Å². The van der Waals surface area contributed by atoms with Crippen LogP contribution in [0.4, 0.5) is 0 Å². The van der Waals surface area contributed by atoms with Crippen molar-refractivity contribution in [1.29, 1.82) is 0 Å². The van der Waals surface area contributed by atoms with Crippen LogP contribution in [0.5, 0.6) is 5.75 Å². The molecule has 3 rings (SSSR count). The van der Waals surface area contributed by atoms with Gasteiger partial charge in [0.25, 0.3) is 0 Å². The molecule has 0 N–H and O–H groups in total. The molecule has 1 fully saturated rings. The summed E-state index contributed by atoms with van der Waals surface area (Å²) in [5.74, 6) is 1.99. The predicted molar refractivity (Wildman–Crippen MR) is 108 cm³/mol. The summed E-state index contributed by atoms with van der Waals surface area (Å²) < 4.78 is 10.9. The highest BCUT2D eigenvalue weighted by Gasteiger charge is 2.23. The highest BCUT2D eigenvalue weighted by Crippen LogP contribution is 2.45. The van der Waals surface area contributed by atoms with Crippen LogP contribution >= 0.6 is 10.0 Å². The van der Waals surface area contributed by atoms with Gasteiger partial charge in [0.05, 0.1) is 7.11 Å². The van der Waals surface area contributed by atoms with Crippen molar-refractivity contribution >= 4 is 10.0 Å². The van der Waals surface area contributed by atoms with Gasteiger partial charge >= 0.3 is 0 Å². The van der Waals surface area contributed by atoms with E-state index in [1.54, 1.807) is 7.11 Å². The molecular weight excluding hydrogens is 328 g/mol. The maximum absolute atomic E-state index is 5.61. The van der Waals surface area contributed by atoms with Crippen LogP contribution in [0.2, 0.25) is 0 Å². The molecule has 25 heavy (non-hydrogen) atoms. The van der Waals surface area contributed by atoms with Gasteiger partial charge in [-0.2, -0.15) is 0 Å². The fraction of sp³-hybridized carbons (Fsp3) is 0.455. The van der Waals surface area contributed by atoms with E-state index < -0.39 is 10.0 Å². The van der Waals surface area contributed by atoms with Gasteiger partial charge in [-0.1, -0.05) is 24.3 Å². The van der Waals surface area contributed by atoms with Crippen LogP contribution in [0.3, 0.4) is 0 Å². The molecule has 2 aromatic rings. The quantitative estimate of drug-likeness (QED) is 0.697. The maximum atomic E-state index is 5.61. The summed E-state index contributed by atoms with van der Waals surface area (Å²) in [6.07, 6.45) is 9.36. The second kappa shape index (κ2) is 7.84.